The van der Waals surface area contributed by atoms with E-state index in [0.717, 1.165) is 26.2 Å². The quantitative estimate of drug-likeness (QED) is 0.642. The number of hydrogen-bond acceptors (Lipinski definition) is 3. The Morgan fingerprint density at radius 1 is 1.28 bits per heavy atom. The summed E-state index contributed by atoms with van der Waals surface area (Å²) in [5, 5.41) is 3.47. The molecule has 0 aromatic carbocycles. The van der Waals surface area contributed by atoms with Crippen LogP contribution in [0.15, 0.2) is 0 Å². The van der Waals surface area contributed by atoms with E-state index in [1.807, 2.05) is 0 Å². The number of morpholine rings is 1. The van der Waals surface area contributed by atoms with Gasteiger partial charge >= 0.3 is 0 Å². The molecule has 0 radical (unpaired) electrons. The second-order valence-corrected chi connectivity index (χ2v) is 5.75. The minimum absolute atomic E-state index is 0.489. The highest BCUT2D eigenvalue weighted by molar-refractivity contribution is 4.71. The topological polar surface area (TPSA) is 24.5 Å². The average Bonchev–Trinajstić information content (AvgIpc) is 2.34. The van der Waals surface area contributed by atoms with Crippen molar-refractivity contribution in [3.05, 3.63) is 0 Å². The van der Waals surface area contributed by atoms with Crippen molar-refractivity contribution in [2.24, 2.45) is 0 Å². The molecule has 1 heterocycles. The third-order valence-electron chi connectivity index (χ3n) is 3.52. The molecule has 3 nitrogen and oxygen atoms in total. The Morgan fingerprint density at radius 2 is 2.11 bits per heavy atom. The average molecular weight is 256 g/mol. The summed E-state index contributed by atoms with van der Waals surface area (Å²) in [4.78, 5) is 2.55. The van der Waals surface area contributed by atoms with Gasteiger partial charge in [-0.25, -0.2) is 0 Å². The van der Waals surface area contributed by atoms with Crippen molar-refractivity contribution in [3.8, 4) is 0 Å². The Morgan fingerprint density at radius 3 is 2.83 bits per heavy atom. The number of hydrogen-bond donors (Lipinski definition) is 1. The monoisotopic (exact) mass is 256 g/mol. The third-order valence-corrected chi connectivity index (χ3v) is 3.52. The van der Waals surface area contributed by atoms with E-state index in [2.05, 4.69) is 31.0 Å². The van der Waals surface area contributed by atoms with Crippen LogP contribution in [0, 0.1) is 0 Å². The first kappa shape index (κ1) is 15.9. The minimum Gasteiger partial charge on any atom is -0.376 e. The fourth-order valence-corrected chi connectivity index (χ4v) is 2.54. The molecule has 0 saturated carbocycles. The van der Waals surface area contributed by atoms with Crippen molar-refractivity contribution in [1.82, 2.24) is 10.2 Å². The van der Waals surface area contributed by atoms with Crippen LogP contribution in [0.3, 0.4) is 0 Å². The lowest BCUT2D eigenvalue weighted by Crippen LogP contribution is -2.42. The SMILES string of the molecule is CCCN1CCO[C@@H](CCCCCNC(C)C)C1. The van der Waals surface area contributed by atoms with Crippen LogP contribution in [0.5, 0.6) is 0 Å². The predicted octanol–water partition coefficient (Wildman–Crippen LogP) is 2.66. The molecular weight excluding hydrogens is 224 g/mol. The Hall–Kier alpha value is -0.120. The van der Waals surface area contributed by atoms with Crippen LogP contribution in [0.4, 0.5) is 0 Å². The minimum atomic E-state index is 0.489. The van der Waals surface area contributed by atoms with Gasteiger partial charge < -0.3 is 10.1 Å². The zero-order valence-corrected chi connectivity index (χ0v) is 12.6. The number of unbranched alkanes of at least 4 members (excludes halogenated alkanes) is 2. The lowest BCUT2D eigenvalue weighted by molar-refractivity contribution is -0.0328. The van der Waals surface area contributed by atoms with Gasteiger partial charge in [0.05, 0.1) is 12.7 Å². The molecule has 108 valence electrons. The van der Waals surface area contributed by atoms with Crippen LogP contribution in [0.1, 0.15) is 52.9 Å². The molecule has 0 aliphatic carbocycles. The van der Waals surface area contributed by atoms with Gasteiger partial charge in [-0.15, -0.1) is 0 Å². The summed E-state index contributed by atoms with van der Waals surface area (Å²) in [6, 6.07) is 0.620. The van der Waals surface area contributed by atoms with Gasteiger partial charge in [0.25, 0.3) is 0 Å². The van der Waals surface area contributed by atoms with E-state index in [4.69, 9.17) is 4.74 Å². The summed E-state index contributed by atoms with van der Waals surface area (Å²) in [7, 11) is 0. The molecule has 0 aromatic heterocycles. The molecule has 0 unspecified atom stereocenters. The van der Waals surface area contributed by atoms with Crippen molar-refractivity contribution < 1.29 is 4.74 Å². The number of nitrogens with zero attached hydrogens (tertiary/aromatic N) is 1. The number of ether oxygens (including phenoxy) is 1. The molecule has 1 aliphatic heterocycles. The van der Waals surface area contributed by atoms with E-state index in [1.165, 1.54) is 38.6 Å². The van der Waals surface area contributed by atoms with Crippen LogP contribution < -0.4 is 5.32 Å². The maximum Gasteiger partial charge on any atom is 0.0702 e. The standard InChI is InChI=1S/C15H32N2O/c1-4-10-17-11-12-18-15(13-17)8-6-5-7-9-16-14(2)3/h14-16H,4-13H2,1-3H3/t15-/m0/s1. The van der Waals surface area contributed by atoms with Gasteiger partial charge in [-0.2, -0.15) is 0 Å². The zero-order chi connectivity index (χ0) is 13.2. The van der Waals surface area contributed by atoms with Crippen LogP contribution in [0.2, 0.25) is 0 Å². The summed E-state index contributed by atoms with van der Waals surface area (Å²) in [5.41, 5.74) is 0. The molecule has 0 aromatic rings. The van der Waals surface area contributed by atoms with Gasteiger partial charge in [0.1, 0.15) is 0 Å². The summed E-state index contributed by atoms with van der Waals surface area (Å²) in [5.74, 6) is 0. The molecule has 0 spiro atoms. The largest absolute Gasteiger partial charge is 0.376 e. The van der Waals surface area contributed by atoms with Crippen molar-refractivity contribution in [3.63, 3.8) is 0 Å². The Balaban J connectivity index is 1.98. The molecule has 1 rings (SSSR count). The first-order valence-electron chi connectivity index (χ1n) is 7.79. The number of nitrogens with one attached hydrogen (secondary N) is 1. The summed E-state index contributed by atoms with van der Waals surface area (Å²) in [6.45, 7) is 12.3. The van der Waals surface area contributed by atoms with E-state index in [0.29, 0.717) is 12.1 Å². The molecule has 3 heteroatoms. The highest BCUT2D eigenvalue weighted by Crippen LogP contribution is 2.12. The van der Waals surface area contributed by atoms with Crippen LogP contribution in [-0.4, -0.2) is 49.8 Å². The van der Waals surface area contributed by atoms with Gasteiger partial charge in [0, 0.05) is 19.1 Å². The first-order valence-corrected chi connectivity index (χ1v) is 7.79. The second-order valence-electron chi connectivity index (χ2n) is 5.75. The predicted molar refractivity (Wildman–Crippen MR) is 78.1 cm³/mol. The molecule has 0 amide bonds. The van der Waals surface area contributed by atoms with Crippen LogP contribution in [0.25, 0.3) is 0 Å². The molecule has 1 aliphatic rings. The zero-order valence-electron chi connectivity index (χ0n) is 12.6. The first-order chi connectivity index (χ1) is 8.72. The summed E-state index contributed by atoms with van der Waals surface area (Å²) < 4.78 is 5.84. The molecule has 1 N–H and O–H groups in total. The van der Waals surface area contributed by atoms with E-state index in [-0.39, 0.29) is 0 Å². The molecule has 0 bridgehead atoms. The van der Waals surface area contributed by atoms with Crippen molar-refractivity contribution in [1.29, 1.82) is 0 Å². The molecule has 18 heavy (non-hydrogen) atoms. The van der Waals surface area contributed by atoms with Gasteiger partial charge in [0.15, 0.2) is 0 Å². The van der Waals surface area contributed by atoms with Gasteiger partial charge in [-0.1, -0.05) is 33.6 Å². The van der Waals surface area contributed by atoms with Crippen molar-refractivity contribution in [2.45, 2.75) is 65.0 Å². The van der Waals surface area contributed by atoms with Crippen molar-refractivity contribution in [2.75, 3.05) is 32.8 Å². The van der Waals surface area contributed by atoms with Gasteiger partial charge in [-0.3, -0.25) is 4.90 Å². The molecule has 1 atom stereocenters. The highest BCUT2D eigenvalue weighted by Gasteiger charge is 2.18. The van der Waals surface area contributed by atoms with Gasteiger partial charge in [0.2, 0.25) is 0 Å². The van der Waals surface area contributed by atoms with Crippen molar-refractivity contribution >= 4 is 0 Å². The molecular formula is C15H32N2O. The van der Waals surface area contributed by atoms with Crippen LogP contribution in [-0.2, 0) is 4.74 Å². The maximum atomic E-state index is 5.84. The van der Waals surface area contributed by atoms with Gasteiger partial charge in [-0.05, 0) is 32.4 Å². The fourth-order valence-electron chi connectivity index (χ4n) is 2.54. The maximum absolute atomic E-state index is 5.84. The lowest BCUT2D eigenvalue weighted by atomic mass is 10.1. The second kappa shape index (κ2) is 9.76. The number of rotatable bonds is 9. The lowest BCUT2D eigenvalue weighted by Gasteiger charge is -2.32. The fraction of sp³-hybridized carbons (Fsp3) is 1.00. The Kier molecular flexibility index (Phi) is 8.64. The molecule has 1 saturated heterocycles. The highest BCUT2D eigenvalue weighted by atomic mass is 16.5. The Bertz CT molecular complexity index is 195. The van der Waals surface area contributed by atoms with Crippen LogP contribution >= 0.6 is 0 Å². The van der Waals surface area contributed by atoms with E-state index in [1.54, 1.807) is 0 Å². The van der Waals surface area contributed by atoms with E-state index in [9.17, 15) is 0 Å². The summed E-state index contributed by atoms with van der Waals surface area (Å²) in [6.07, 6.45) is 6.92. The Labute approximate surface area is 113 Å². The smallest absolute Gasteiger partial charge is 0.0702 e. The molecule has 1 fully saturated rings. The normalized spacial score (nSPS) is 21.7. The van der Waals surface area contributed by atoms with E-state index < -0.39 is 0 Å². The third kappa shape index (κ3) is 7.34. The van der Waals surface area contributed by atoms with E-state index >= 15 is 0 Å². The summed E-state index contributed by atoms with van der Waals surface area (Å²) >= 11 is 0.